The maximum Gasteiger partial charge on any atom is -2.00 e. The summed E-state index contributed by atoms with van der Waals surface area (Å²) in [6.45, 7) is 8.97. The SMILES string of the molecule is CCC[CH2][Sn+]([Cl])[CH2]CCC.CCC[CH2][Sn+]([Cl])[CH2]CCC.[S-2]. The summed E-state index contributed by atoms with van der Waals surface area (Å²) in [5.74, 6) is 0. The van der Waals surface area contributed by atoms with Crippen LogP contribution in [0.2, 0.25) is 17.7 Å². The first kappa shape index (κ1) is 28.3. The molecule has 0 N–H and O–H groups in total. The maximum atomic E-state index is 6.24. The first-order chi connectivity index (χ1) is 9.62. The molecular weight excluding hydrogens is 533 g/mol. The van der Waals surface area contributed by atoms with Crippen LogP contribution in [0.25, 0.3) is 0 Å². The average molecular weight is 569 g/mol. The van der Waals surface area contributed by atoms with Gasteiger partial charge in [-0.2, -0.15) is 0 Å². The number of hydrogen-bond donors (Lipinski definition) is 0. The van der Waals surface area contributed by atoms with Gasteiger partial charge in [-0.15, -0.1) is 0 Å². The molecule has 0 aliphatic rings. The zero-order valence-corrected chi connectivity index (χ0v) is 22.7. The van der Waals surface area contributed by atoms with Gasteiger partial charge in [0.1, 0.15) is 0 Å². The van der Waals surface area contributed by atoms with Crippen molar-refractivity contribution in [2.24, 2.45) is 0 Å². The van der Waals surface area contributed by atoms with Crippen LogP contribution >= 0.6 is 17.8 Å². The number of rotatable bonds is 12. The Hall–Kier alpha value is 2.53. The Morgan fingerprint density at radius 1 is 0.524 bits per heavy atom. The molecule has 0 rings (SSSR count). The molecule has 0 heterocycles. The van der Waals surface area contributed by atoms with E-state index in [4.69, 9.17) is 17.8 Å². The van der Waals surface area contributed by atoms with Crippen molar-refractivity contribution in [3.05, 3.63) is 0 Å². The van der Waals surface area contributed by atoms with E-state index in [0.29, 0.717) is 0 Å². The van der Waals surface area contributed by atoms with E-state index in [1.54, 1.807) is 0 Å². The smallest absolute Gasteiger partial charge is 2.00 e. The zero-order valence-electron chi connectivity index (χ0n) is 14.6. The van der Waals surface area contributed by atoms with Crippen molar-refractivity contribution in [3.63, 3.8) is 0 Å². The van der Waals surface area contributed by atoms with Gasteiger partial charge in [0, 0.05) is 0 Å². The van der Waals surface area contributed by atoms with Crippen molar-refractivity contribution in [1.82, 2.24) is 0 Å². The van der Waals surface area contributed by atoms with Gasteiger partial charge in [-0.05, 0) is 0 Å². The van der Waals surface area contributed by atoms with Crippen LogP contribution in [0.3, 0.4) is 0 Å². The van der Waals surface area contributed by atoms with Crippen LogP contribution in [0.15, 0.2) is 0 Å². The molecule has 0 spiro atoms. The summed E-state index contributed by atoms with van der Waals surface area (Å²) < 4.78 is 5.61. The number of halogens is 2. The molecule has 0 aliphatic heterocycles. The Labute approximate surface area is 163 Å². The van der Waals surface area contributed by atoms with Crippen molar-refractivity contribution in [1.29, 1.82) is 0 Å². The molecule has 128 valence electrons. The summed E-state index contributed by atoms with van der Waals surface area (Å²) >= 11 is -2.54. The minimum atomic E-state index is -1.27. The zero-order chi connectivity index (χ0) is 15.6. The second kappa shape index (κ2) is 24.8. The minimum Gasteiger partial charge on any atom is -2.00 e. The molecule has 0 saturated heterocycles. The van der Waals surface area contributed by atoms with Gasteiger partial charge in [0.2, 0.25) is 0 Å². The summed E-state index contributed by atoms with van der Waals surface area (Å²) in [5, 5.41) is 0. The van der Waals surface area contributed by atoms with Crippen molar-refractivity contribution in [3.8, 4) is 0 Å². The molecule has 0 amide bonds. The quantitative estimate of drug-likeness (QED) is 0.212. The first-order valence-electron chi connectivity index (χ1n) is 8.62. The molecule has 21 heavy (non-hydrogen) atoms. The molecule has 0 nitrogen and oxygen atoms in total. The van der Waals surface area contributed by atoms with E-state index in [1.807, 2.05) is 0 Å². The summed E-state index contributed by atoms with van der Waals surface area (Å²) in [4.78, 5) is 0. The van der Waals surface area contributed by atoms with E-state index in [1.165, 1.54) is 69.1 Å². The van der Waals surface area contributed by atoms with E-state index in [2.05, 4.69) is 27.7 Å². The molecule has 5 heteroatoms. The van der Waals surface area contributed by atoms with Gasteiger partial charge in [-0.3, -0.25) is 0 Å². The largest absolute Gasteiger partial charge is 2.00 e. The van der Waals surface area contributed by atoms with Crippen LogP contribution < -0.4 is 0 Å². The van der Waals surface area contributed by atoms with E-state index >= 15 is 0 Å². The Bertz CT molecular complexity index is 140. The van der Waals surface area contributed by atoms with Crippen LogP contribution in [-0.4, -0.2) is 37.3 Å². The summed E-state index contributed by atoms with van der Waals surface area (Å²) in [7, 11) is 12.5. The van der Waals surface area contributed by atoms with Gasteiger partial charge in [0.25, 0.3) is 0 Å². The van der Waals surface area contributed by atoms with E-state index < -0.39 is 37.3 Å². The van der Waals surface area contributed by atoms with Crippen molar-refractivity contribution in [2.75, 3.05) is 0 Å². The molecule has 0 fully saturated rings. The van der Waals surface area contributed by atoms with Crippen LogP contribution in [0.4, 0.5) is 0 Å². The topological polar surface area (TPSA) is 0 Å². The standard InChI is InChI=1S/4C4H9.2ClH.S.2Sn/c4*1-3-4-2;;;;;/h4*1,3-4H2,2H3;2*1H;;;/q;;;;;;-2;2*+2/p-2. The average Bonchev–Trinajstić information content (AvgIpc) is 2.47. The number of unbranched alkanes of at least 4 members (excludes halogenated alkanes) is 4. The van der Waals surface area contributed by atoms with Gasteiger partial charge in [0.15, 0.2) is 0 Å². The van der Waals surface area contributed by atoms with Crippen LogP contribution in [0.5, 0.6) is 0 Å². The second-order valence-electron chi connectivity index (χ2n) is 5.45. The molecule has 0 aromatic rings. The third kappa shape index (κ3) is 27.7. The van der Waals surface area contributed by atoms with Crippen LogP contribution in [0.1, 0.15) is 79.1 Å². The van der Waals surface area contributed by atoms with Crippen molar-refractivity contribution >= 4 is 68.6 Å². The summed E-state index contributed by atoms with van der Waals surface area (Å²) in [6.07, 6.45) is 10.8. The third-order valence-corrected chi connectivity index (χ3v) is 18.5. The normalized spacial score (nSPS) is 9.43. The fraction of sp³-hybridized carbons (Fsp3) is 1.00. The fourth-order valence-electron chi connectivity index (χ4n) is 1.72. The van der Waals surface area contributed by atoms with Gasteiger partial charge >= 0.3 is 152 Å². The van der Waals surface area contributed by atoms with E-state index in [-0.39, 0.29) is 13.5 Å². The Morgan fingerprint density at radius 3 is 0.857 bits per heavy atom. The minimum absolute atomic E-state index is 0. The van der Waals surface area contributed by atoms with Crippen LogP contribution in [0, 0.1) is 0 Å². The van der Waals surface area contributed by atoms with E-state index in [9.17, 15) is 0 Å². The Kier molecular flexibility index (Phi) is 33.4. The van der Waals surface area contributed by atoms with Gasteiger partial charge < -0.3 is 13.5 Å². The first-order valence-corrected chi connectivity index (χ1v) is 23.9. The molecule has 0 atom stereocenters. The second-order valence-corrected chi connectivity index (χ2v) is 24.2. The maximum absolute atomic E-state index is 6.24. The Morgan fingerprint density at radius 2 is 0.714 bits per heavy atom. The molecule has 0 aromatic heterocycles. The summed E-state index contributed by atoms with van der Waals surface area (Å²) in [6, 6.07) is 0. The van der Waals surface area contributed by atoms with Gasteiger partial charge in [-0.1, -0.05) is 0 Å². The predicted octanol–water partition coefficient (Wildman–Crippen LogP) is 7.63. The molecule has 0 unspecified atom stereocenters. The molecule has 0 aliphatic carbocycles. The summed E-state index contributed by atoms with van der Waals surface area (Å²) in [5.41, 5.74) is 0. The fourth-order valence-corrected chi connectivity index (χ4v) is 15.2. The van der Waals surface area contributed by atoms with Crippen LogP contribution in [-0.2, 0) is 13.5 Å². The Balaban J connectivity index is -0.000000295. The van der Waals surface area contributed by atoms with Crippen molar-refractivity contribution in [2.45, 2.75) is 96.8 Å². The molecule has 0 saturated carbocycles. The number of hydrogen-bond acceptors (Lipinski definition) is 0. The molecule has 0 bridgehead atoms. The van der Waals surface area contributed by atoms with Gasteiger partial charge in [0.05, 0.1) is 0 Å². The predicted molar refractivity (Wildman–Crippen MR) is 109 cm³/mol. The third-order valence-electron chi connectivity index (χ3n) is 3.21. The molecule has 0 aromatic carbocycles. The van der Waals surface area contributed by atoms with E-state index in [0.717, 1.165) is 0 Å². The molecule has 0 radical (unpaired) electrons. The molecular formula is C16H36Cl2SSn2. The monoisotopic (exact) mass is 570 g/mol. The van der Waals surface area contributed by atoms with Gasteiger partial charge in [-0.25, -0.2) is 0 Å². The van der Waals surface area contributed by atoms with Crippen molar-refractivity contribution < 1.29 is 0 Å².